The van der Waals surface area contributed by atoms with Gasteiger partial charge in [-0.25, -0.2) is 4.79 Å². The number of primary amides is 1. The number of hydrogen-bond acceptors (Lipinski definition) is 7. The van der Waals surface area contributed by atoms with E-state index in [1.807, 2.05) is 0 Å². The summed E-state index contributed by atoms with van der Waals surface area (Å²) in [5.41, 5.74) is 10.5. The summed E-state index contributed by atoms with van der Waals surface area (Å²) < 4.78 is 0. The molecule has 6 unspecified atom stereocenters. The molecular weight excluding hydrogens is 410 g/mol. The number of carboxylic acids is 1. The maximum absolute atomic E-state index is 12.8. The molecule has 0 rings (SSSR count). The van der Waals surface area contributed by atoms with Crippen molar-refractivity contribution in [2.24, 2.45) is 23.3 Å². The smallest absolute Gasteiger partial charge is 0.326 e. The van der Waals surface area contributed by atoms with Gasteiger partial charge in [-0.15, -0.1) is 0 Å². The predicted molar refractivity (Wildman–Crippen MR) is 111 cm³/mol. The summed E-state index contributed by atoms with van der Waals surface area (Å²) in [5.74, 6) is -5.15. The van der Waals surface area contributed by atoms with Crippen LogP contribution in [0.2, 0.25) is 0 Å². The van der Waals surface area contributed by atoms with Gasteiger partial charge in [0.05, 0.1) is 19.1 Å². The normalized spacial score (nSPS) is 16.7. The van der Waals surface area contributed by atoms with Gasteiger partial charge in [-0.1, -0.05) is 40.5 Å². The van der Waals surface area contributed by atoms with Crippen molar-refractivity contribution in [2.75, 3.05) is 6.61 Å². The zero-order valence-corrected chi connectivity index (χ0v) is 18.4. The Balaban J connectivity index is 5.37. The fourth-order valence-corrected chi connectivity index (χ4v) is 2.66. The van der Waals surface area contributed by atoms with E-state index in [9.17, 15) is 34.2 Å². The SMILES string of the molecule is CCC(C)C(NC(=O)C(NC(=O)C(CO)NC(=O)C(N)CC(N)=O)C(C)CC)C(=O)O. The second kappa shape index (κ2) is 13.5. The Kier molecular flexibility index (Phi) is 12.4. The van der Waals surface area contributed by atoms with Crippen molar-refractivity contribution in [1.82, 2.24) is 16.0 Å². The fraction of sp³-hybridized carbons (Fsp3) is 0.737. The van der Waals surface area contributed by atoms with Crippen LogP contribution in [0.4, 0.5) is 0 Å². The minimum Gasteiger partial charge on any atom is -0.480 e. The number of aliphatic hydroxyl groups excluding tert-OH is 1. The first-order valence-electron chi connectivity index (χ1n) is 10.2. The van der Waals surface area contributed by atoms with Crippen LogP contribution in [0.3, 0.4) is 0 Å². The molecule has 4 amide bonds. The quantitative estimate of drug-likeness (QED) is 0.155. The Hall–Kier alpha value is -2.73. The van der Waals surface area contributed by atoms with E-state index in [4.69, 9.17) is 11.5 Å². The third kappa shape index (κ3) is 9.30. The van der Waals surface area contributed by atoms with Crippen molar-refractivity contribution in [3.63, 3.8) is 0 Å². The minimum atomic E-state index is -1.43. The van der Waals surface area contributed by atoms with Gasteiger partial charge in [0.2, 0.25) is 23.6 Å². The van der Waals surface area contributed by atoms with Gasteiger partial charge >= 0.3 is 5.97 Å². The molecule has 0 aliphatic heterocycles. The average Bonchev–Trinajstić information content (AvgIpc) is 2.71. The van der Waals surface area contributed by atoms with Crippen LogP contribution in [0, 0.1) is 11.8 Å². The third-order valence-corrected chi connectivity index (χ3v) is 5.14. The largest absolute Gasteiger partial charge is 0.480 e. The van der Waals surface area contributed by atoms with Crippen molar-refractivity contribution < 1.29 is 34.2 Å². The monoisotopic (exact) mass is 445 g/mol. The van der Waals surface area contributed by atoms with E-state index in [0.29, 0.717) is 12.8 Å². The molecule has 0 bridgehead atoms. The second-order valence-electron chi connectivity index (χ2n) is 7.60. The number of aliphatic carboxylic acids is 1. The van der Waals surface area contributed by atoms with Crippen molar-refractivity contribution in [1.29, 1.82) is 0 Å². The van der Waals surface area contributed by atoms with E-state index in [1.54, 1.807) is 27.7 Å². The molecular formula is C19H35N5O7. The van der Waals surface area contributed by atoms with Gasteiger partial charge in [-0.2, -0.15) is 0 Å². The Bertz CT molecular complexity index is 658. The van der Waals surface area contributed by atoms with E-state index >= 15 is 0 Å². The lowest BCUT2D eigenvalue weighted by Crippen LogP contribution is -2.60. The number of hydrogen-bond donors (Lipinski definition) is 7. The van der Waals surface area contributed by atoms with Crippen molar-refractivity contribution >= 4 is 29.6 Å². The first-order valence-corrected chi connectivity index (χ1v) is 10.2. The summed E-state index contributed by atoms with van der Waals surface area (Å²) >= 11 is 0. The summed E-state index contributed by atoms with van der Waals surface area (Å²) in [6.45, 7) is 6.16. The molecule has 0 aliphatic rings. The molecule has 0 spiro atoms. The zero-order valence-electron chi connectivity index (χ0n) is 18.4. The number of carboxylic acid groups (broad SMARTS) is 1. The Morgan fingerprint density at radius 2 is 1.32 bits per heavy atom. The van der Waals surface area contributed by atoms with Crippen molar-refractivity contribution in [3.05, 3.63) is 0 Å². The molecule has 9 N–H and O–H groups in total. The molecule has 12 nitrogen and oxygen atoms in total. The Morgan fingerprint density at radius 1 is 0.839 bits per heavy atom. The van der Waals surface area contributed by atoms with Gasteiger partial charge in [-0.3, -0.25) is 19.2 Å². The summed E-state index contributed by atoms with van der Waals surface area (Å²) in [5, 5.41) is 26.0. The summed E-state index contributed by atoms with van der Waals surface area (Å²) in [6, 6.07) is -4.98. The first kappa shape index (κ1) is 28.3. The maximum atomic E-state index is 12.8. The molecule has 0 radical (unpaired) electrons. The Labute approximate surface area is 181 Å². The van der Waals surface area contributed by atoms with Gasteiger partial charge in [0.1, 0.15) is 18.1 Å². The molecule has 0 aromatic carbocycles. The third-order valence-electron chi connectivity index (χ3n) is 5.14. The minimum absolute atomic E-state index is 0.342. The lowest BCUT2D eigenvalue weighted by Gasteiger charge is -2.28. The molecule has 0 aromatic rings. The fourth-order valence-electron chi connectivity index (χ4n) is 2.66. The van der Waals surface area contributed by atoms with Crippen LogP contribution in [0.5, 0.6) is 0 Å². The van der Waals surface area contributed by atoms with E-state index in [1.165, 1.54) is 0 Å². The molecule has 0 saturated carbocycles. The Morgan fingerprint density at radius 3 is 1.74 bits per heavy atom. The molecule has 178 valence electrons. The number of carbonyl (C=O) groups is 5. The maximum Gasteiger partial charge on any atom is 0.326 e. The highest BCUT2D eigenvalue weighted by Gasteiger charge is 2.33. The topological polar surface area (TPSA) is 214 Å². The standard InChI is InChI=1S/C19H35N5O7/c1-5-9(3)14(18(29)24-15(19(30)31)10(4)6-2)23-17(28)12(8-25)22-16(27)11(20)7-13(21)26/h9-12,14-15,25H,5-8,20H2,1-4H3,(H2,21,26)(H,22,27)(H,23,28)(H,24,29)(H,30,31). The number of rotatable bonds is 14. The van der Waals surface area contributed by atoms with Gasteiger partial charge in [0.25, 0.3) is 0 Å². The summed E-state index contributed by atoms with van der Waals surface area (Å²) in [6.07, 6.45) is 0.552. The van der Waals surface area contributed by atoms with Crippen LogP contribution in [-0.4, -0.2) is 70.6 Å². The number of nitrogens with one attached hydrogen (secondary N) is 3. The van der Waals surface area contributed by atoms with Crippen molar-refractivity contribution in [2.45, 2.75) is 71.1 Å². The van der Waals surface area contributed by atoms with Gasteiger partial charge in [0.15, 0.2) is 0 Å². The van der Waals surface area contributed by atoms with Gasteiger partial charge in [0, 0.05) is 0 Å². The van der Waals surface area contributed by atoms with Crippen LogP contribution >= 0.6 is 0 Å². The van der Waals surface area contributed by atoms with E-state index < -0.39 is 66.8 Å². The van der Waals surface area contributed by atoms with Crippen LogP contribution in [-0.2, 0) is 24.0 Å². The lowest BCUT2D eigenvalue weighted by molar-refractivity contribution is -0.144. The molecule has 0 fully saturated rings. The number of carbonyl (C=O) groups excluding carboxylic acids is 4. The average molecular weight is 446 g/mol. The van der Waals surface area contributed by atoms with E-state index in [2.05, 4.69) is 16.0 Å². The van der Waals surface area contributed by atoms with Gasteiger partial charge < -0.3 is 37.6 Å². The van der Waals surface area contributed by atoms with E-state index in [0.717, 1.165) is 0 Å². The van der Waals surface area contributed by atoms with E-state index in [-0.39, 0.29) is 11.8 Å². The summed E-state index contributed by atoms with van der Waals surface area (Å²) in [4.78, 5) is 59.8. The highest BCUT2D eigenvalue weighted by molar-refractivity contribution is 5.95. The van der Waals surface area contributed by atoms with Gasteiger partial charge in [-0.05, 0) is 11.8 Å². The molecule has 0 aliphatic carbocycles. The molecule has 31 heavy (non-hydrogen) atoms. The van der Waals surface area contributed by atoms with Crippen LogP contribution < -0.4 is 27.4 Å². The number of aliphatic hydroxyl groups is 1. The molecule has 0 aromatic heterocycles. The lowest BCUT2D eigenvalue weighted by atomic mass is 9.95. The van der Waals surface area contributed by atoms with Crippen molar-refractivity contribution in [3.8, 4) is 0 Å². The highest BCUT2D eigenvalue weighted by Crippen LogP contribution is 2.12. The van der Waals surface area contributed by atoms with Crippen LogP contribution in [0.25, 0.3) is 0 Å². The first-order chi connectivity index (χ1) is 14.4. The predicted octanol–water partition coefficient (Wildman–Crippen LogP) is -2.19. The summed E-state index contributed by atoms with van der Waals surface area (Å²) in [7, 11) is 0. The molecule has 0 saturated heterocycles. The highest BCUT2D eigenvalue weighted by atomic mass is 16.4. The van der Waals surface area contributed by atoms with Crippen LogP contribution in [0.15, 0.2) is 0 Å². The molecule has 6 atom stereocenters. The van der Waals surface area contributed by atoms with Crippen LogP contribution in [0.1, 0.15) is 47.0 Å². The number of amides is 4. The second-order valence-corrected chi connectivity index (χ2v) is 7.60. The molecule has 12 heteroatoms. The zero-order chi connectivity index (χ0) is 24.3. The number of nitrogens with two attached hydrogens (primary N) is 2. The molecule has 0 heterocycles.